The lowest BCUT2D eigenvalue weighted by Gasteiger charge is -2.30. The molecule has 3 atom stereocenters. The molecule has 1 fully saturated rings. The minimum absolute atomic E-state index is 0.539. The fourth-order valence-electron chi connectivity index (χ4n) is 2.76. The number of hydrogen-bond donors (Lipinski definition) is 0. The van der Waals surface area contributed by atoms with Crippen LogP contribution in [0, 0.1) is 0 Å². The number of hydrogen-bond acceptors (Lipinski definition) is 3. The lowest BCUT2D eigenvalue weighted by Crippen LogP contribution is -2.24. The maximum atomic E-state index is 4.62. The van der Waals surface area contributed by atoms with Gasteiger partial charge in [-0.25, -0.2) is 0 Å². The van der Waals surface area contributed by atoms with Crippen LogP contribution in [0.3, 0.4) is 0 Å². The Hall–Kier alpha value is 0.370. The highest BCUT2D eigenvalue weighted by atomic mass is 32.2. The molecule has 1 nitrogen and oxygen atoms in total. The Morgan fingerprint density at radius 3 is 2.88 bits per heavy atom. The van der Waals surface area contributed by atoms with Gasteiger partial charge in [0.25, 0.3) is 0 Å². The summed E-state index contributed by atoms with van der Waals surface area (Å²) in [4.78, 5) is 4.62. The molecule has 1 heterocycles. The van der Waals surface area contributed by atoms with E-state index in [2.05, 4.69) is 35.5 Å². The fourth-order valence-corrected chi connectivity index (χ4v) is 4.53. The summed E-state index contributed by atoms with van der Waals surface area (Å²) in [5.74, 6) is 0. The zero-order valence-corrected chi connectivity index (χ0v) is 12.1. The van der Waals surface area contributed by atoms with Gasteiger partial charge in [0.15, 0.2) is 0 Å². The van der Waals surface area contributed by atoms with Gasteiger partial charge in [0, 0.05) is 10.00 Å². The highest BCUT2D eigenvalue weighted by Gasteiger charge is 2.28. The third kappa shape index (κ3) is 3.19. The topological polar surface area (TPSA) is 12.4 Å². The smallest absolute Gasteiger partial charge is 0.0628 e. The first-order valence-electron chi connectivity index (χ1n) is 6.46. The second kappa shape index (κ2) is 5.81. The fraction of sp³-hybridized carbons (Fsp3) is 0.923. The Kier molecular flexibility index (Phi) is 4.66. The van der Waals surface area contributed by atoms with E-state index >= 15 is 0 Å². The number of fused-ring (bicyclic) bond motifs is 1. The molecule has 0 N–H and O–H groups in total. The third-order valence-electron chi connectivity index (χ3n) is 4.06. The molecule has 0 radical (unpaired) electrons. The van der Waals surface area contributed by atoms with Gasteiger partial charge in [0.05, 0.1) is 11.6 Å². The molecule has 0 bridgehead atoms. The second-order valence-corrected chi connectivity index (χ2v) is 7.77. The van der Waals surface area contributed by atoms with E-state index in [1.54, 1.807) is 0 Å². The van der Waals surface area contributed by atoms with Crippen LogP contribution < -0.4 is 0 Å². The molecular weight excluding hydrogens is 234 g/mol. The number of aliphatic imine (C=N–C) groups is 1. The maximum absolute atomic E-state index is 4.62. The van der Waals surface area contributed by atoms with Crippen molar-refractivity contribution in [3.63, 3.8) is 0 Å². The normalized spacial score (nSPS) is 40.6. The van der Waals surface area contributed by atoms with E-state index in [-0.39, 0.29) is 0 Å². The summed E-state index contributed by atoms with van der Waals surface area (Å²) in [6.45, 7) is 2.45. The van der Waals surface area contributed by atoms with E-state index in [1.807, 2.05) is 11.8 Å². The maximum Gasteiger partial charge on any atom is 0.0628 e. The average molecular weight is 257 g/mol. The highest BCUT2D eigenvalue weighted by molar-refractivity contribution is 8.12. The van der Waals surface area contributed by atoms with Crippen LogP contribution in [-0.4, -0.2) is 27.8 Å². The van der Waals surface area contributed by atoms with E-state index in [9.17, 15) is 0 Å². The minimum Gasteiger partial charge on any atom is -0.282 e. The van der Waals surface area contributed by atoms with Gasteiger partial charge in [-0.3, -0.25) is 4.99 Å². The van der Waals surface area contributed by atoms with Crippen LogP contribution in [0.2, 0.25) is 0 Å². The summed E-state index contributed by atoms with van der Waals surface area (Å²) in [5, 5.41) is 0.796. The summed E-state index contributed by atoms with van der Waals surface area (Å²) in [5.41, 5.74) is 2.10. The molecule has 0 aromatic heterocycles. The van der Waals surface area contributed by atoms with Crippen molar-refractivity contribution in [2.45, 2.75) is 67.9 Å². The Balaban J connectivity index is 1.91. The molecule has 1 saturated carbocycles. The lowest BCUT2D eigenvalue weighted by molar-refractivity contribution is 0.431. The summed E-state index contributed by atoms with van der Waals surface area (Å²) in [6, 6.07) is 0.642. The van der Waals surface area contributed by atoms with Crippen molar-refractivity contribution in [1.29, 1.82) is 0 Å². The van der Waals surface area contributed by atoms with Crippen molar-refractivity contribution in [2.24, 2.45) is 4.99 Å². The number of rotatable bonds is 1. The van der Waals surface area contributed by atoms with Crippen LogP contribution in [0.1, 0.15) is 51.9 Å². The Morgan fingerprint density at radius 1 is 1.25 bits per heavy atom. The molecule has 2 rings (SSSR count). The zero-order valence-electron chi connectivity index (χ0n) is 10.4. The predicted octanol–water partition coefficient (Wildman–Crippen LogP) is 4.36. The molecule has 0 aromatic rings. The van der Waals surface area contributed by atoms with Crippen LogP contribution in [0.15, 0.2) is 4.99 Å². The van der Waals surface area contributed by atoms with Crippen LogP contribution in [-0.2, 0) is 0 Å². The van der Waals surface area contributed by atoms with Gasteiger partial charge in [-0.2, -0.15) is 11.8 Å². The molecule has 92 valence electrons. The standard InChI is InChI=1S/C13H23NS2/c1-13(15-2)8-4-3-6-11-12(7-5-9-13)16-10-14-11/h10-12H,3-9H2,1-2H3. The van der Waals surface area contributed by atoms with E-state index in [0.717, 1.165) is 5.25 Å². The Labute approximate surface area is 108 Å². The summed E-state index contributed by atoms with van der Waals surface area (Å²) < 4.78 is 0.539. The average Bonchev–Trinajstić information content (AvgIpc) is 2.73. The summed E-state index contributed by atoms with van der Waals surface area (Å²) in [7, 11) is 0. The molecule has 2 aliphatic rings. The van der Waals surface area contributed by atoms with Crippen LogP contribution in [0.5, 0.6) is 0 Å². The Morgan fingerprint density at radius 2 is 2.06 bits per heavy atom. The number of nitrogens with zero attached hydrogens (tertiary/aromatic N) is 1. The van der Waals surface area contributed by atoms with Crippen molar-refractivity contribution in [1.82, 2.24) is 0 Å². The lowest BCUT2D eigenvalue weighted by atomic mass is 9.91. The first-order chi connectivity index (χ1) is 7.73. The van der Waals surface area contributed by atoms with Gasteiger partial charge >= 0.3 is 0 Å². The Bertz CT molecular complexity index is 254. The summed E-state index contributed by atoms with van der Waals surface area (Å²) in [6.07, 6.45) is 11.9. The second-order valence-electron chi connectivity index (χ2n) is 5.29. The van der Waals surface area contributed by atoms with Gasteiger partial charge in [0.1, 0.15) is 0 Å². The molecule has 1 aliphatic carbocycles. The van der Waals surface area contributed by atoms with E-state index in [0.29, 0.717) is 10.8 Å². The molecule has 3 unspecified atom stereocenters. The highest BCUT2D eigenvalue weighted by Crippen LogP contribution is 2.38. The largest absolute Gasteiger partial charge is 0.282 e. The van der Waals surface area contributed by atoms with Gasteiger partial charge < -0.3 is 0 Å². The first kappa shape index (κ1) is 12.8. The summed E-state index contributed by atoms with van der Waals surface area (Å²) >= 11 is 4.05. The first-order valence-corrected chi connectivity index (χ1v) is 8.62. The molecule has 0 amide bonds. The van der Waals surface area contributed by atoms with Crippen molar-refractivity contribution in [2.75, 3.05) is 6.26 Å². The van der Waals surface area contributed by atoms with Gasteiger partial charge in [-0.1, -0.05) is 26.2 Å². The van der Waals surface area contributed by atoms with Crippen molar-refractivity contribution in [3.05, 3.63) is 0 Å². The van der Waals surface area contributed by atoms with E-state index < -0.39 is 0 Å². The van der Waals surface area contributed by atoms with E-state index in [4.69, 9.17) is 0 Å². The van der Waals surface area contributed by atoms with Crippen molar-refractivity contribution in [3.8, 4) is 0 Å². The third-order valence-corrected chi connectivity index (χ3v) is 6.60. The van der Waals surface area contributed by atoms with Crippen molar-refractivity contribution < 1.29 is 0 Å². The quantitative estimate of drug-likeness (QED) is 0.692. The molecule has 3 heteroatoms. The van der Waals surface area contributed by atoms with Crippen LogP contribution in [0.25, 0.3) is 0 Å². The molecule has 0 saturated heterocycles. The SMILES string of the molecule is CSC1(C)CCCCC2N=CSC2CCC1. The molecule has 1 aliphatic heterocycles. The van der Waals surface area contributed by atoms with E-state index in [1.165, 1.54) is 44.9 Å². The monoisotopic (exact) mass is 257 g/mol. The predicted molar refractivity (Wildman–Crippen MR) is 77.9 cm³/mol. The molecule has 16 heavy (non-hydrogen) atoms. The number of thioether (sulfide) groups is 2. The molecule has 0 aromatic carbocycles. The van der Waals surface area contributed by atoms with Gasteiger partial charge in [-0.15, -0.1) is 11.8 Å². The molecule has 0 spiro atoms. The van der Waals surface area contributed by atoms with Crippen LogP contribution in [0.4, 0.5) is 0 Å². The minimum atomic E-state index is 0.539. The van der Waals surface area contributed by atoms with Crippen molar-refractivity contribution >= 4 is 29.1 Å². The van der Waals surface area contributed by atoms with Crippen LogP contribution >= 0.6 is 23.5 Å². The molecular formula is C13H23NS2. The zero-order chi connectivity index (χ0) is 11.4. The van der Waals surface area contributed by atoms with Gasteiger partial charge in [0.2, 0.25) is 0 Å². The van der Waals surface area contributed by atoms with Gasteiger partial charge in [-0.05, 0) is 31.9 Å².